The van der Waals surface area contributed by atoms with Crippen LogP contribution in [-0.2, 0) is 9.84 Å². The van der Waals surface area contributed by atoms with Crippen LogP contribution >= 0.6 is 34.2 Å². The van der Waals surface area contributed by atoms with Crippen molar-refractivity contribution in [1.29, 1.82) is 0 Å². The van der Waals surface area contributed by atoms with Crippen molar-refractivity contribution in [2.24, 2.45) is 0 Å². The van der Waals surface area contributed by atoms with Crippen LogP contribution in [0.3, 0.4) is 0 Å². The van der Waals surface area contributed by atoms with Gasteiger partial charge in [-0.2, -0.15) is 0 Å². The molecule has 1 N–H and O–H groups in total. The van der Waals surface area contributed by atoms with Crippen LogP contribution in [-0.4, -0.2) is 23.0 Å². The van der Waals surface area contributed by atoms with Gasteiger partial charge < -0.3 is 5.11 Å². The van der Waals surface area contributed by atoms with Crippen LogP contribution in [0.2, 0.25) is 5.02 Å². The highest BCUT2D eigenvalue weighted by atomic mass is 127. The van der Waals surface area contributed by atoms with Crippen LogP contribution < -0.4 is 0 Å². The summed E-state index contributed by atoms with van der Waals surface area (Å²) >= 11 is 7.45. The van der Waals surface area contributed by atoms with Gasteiger partial charge in [-0.25, -0.2) is 8.42 Å². The van der Waals surface area contributed by atoms with Gasteiger partial charge in [-0.15, -0.1) is 0 Å². The number of halogens is 2. The number of rotatable bonds is 3. The van der Waals surface area contributed by atoms with E-state index < -0.39 is 19.2 Å². The Morgan fingerprint density at radius 3 is 2.53 bits per heavy atom. The lowest BCUT2D eigenvalue weighted by atomic mass is 10.1. The van der Waals surface area contributed by atoms with Gasteiger partial charge in [0.05, 0.1) is 0 Å². The molecular weight excluding hydrogens is 351 g/mol. The summed E-state index contributed by atoms with van der Waals surface area (Å²) < 4.78 is 21.6. The molecule has 0 unspecified atom stereocenters. The van der Waals surface area contributed by atoms with Gasteiger partial charge in [0.25, 0.3) is 0 Å². The summed E-state index contributed by atoms with van der Waals surface area (Å²) in [4.78, 5) is 0. The molecule has 1 rings (SSSR count). The van der Waals surface area contributed by atoms with Crippen LogP contribution in [0.5, 0.6) is 0 Å². The third kappa shape index (κ3) is 3.58. The number of benzene rings is 1. The normalized spacial score (nSPS) is 16.0. The molecule has 0 aliphatic carbocycles. The van der Waals surface area contributed by atoms with Gasteiger partial charge in [-0.05, 0) is 17.7 Å². The van der Waals surface area contributed by atoms with E-state index in [-0.39, 0.29) is 0 Å². The Kier molecular flexibility index (Phi) is 4.39. The summed E-state index contributed by atoms with van der Waals surface area (Å²) in [6, 6.07) is 6.55. The third-order valence-electron chi connectivity index (χ3n) is 1.85. The van der Waals surface area contributed by atoms with Crippen molar-refractivity contribution in [2.45, 2.75) is 9.36 Å². The fraction of sp³-hybridized carbons (Fsp3) is 0.333. The van der Waals surface area contributed by atoms with E-state index in [1.807, 2.05) is 0 Å². The van der Waals surface area contributed by atoms with Crippen molar-refractivity contribution in [3.63, 3.8) is 0 Å². The lowest BCUT2D eigenvalue weighted by molar-refractivity contribution is 0.197. The summed E-state index contributed by atoms with van der Waals surface area (Å²) in [5.74, 6) is 0. The first-order chi connectivity index (χ1) is 6.82. The molecule has 0 bridgehead atoms. The van der Waals surface area contributed by atoms with Crippen molar-refractivity contribution in [3.05, 3.63) is 34.9 Å². The van der Waals surface area contributed by atoms with Crippen molar-refractivity contribution >= 4 is 44.0 Å². The maximum absolute atomic E-state index is 11.2. The number of alkyl halides is 1. The van der Waals surface area contributed by atoms with Gasteiger partial charge in [0.1, 0.15) is 9.36 Å². The van der Waals surface area contributed by atoms with Crippen molar-refractivity contribution in [2.75, 3.05) is 6.26 Å². The number of aliphatic hydroxyl groups is 1. The van der Waals surface area contributed by atoms with E-state index in [4.69, 9.17) is 11.6 Å². The molecule has 1 aromatic rings. The molecule has 0 spiro atoms. The van der Waals surface area contributed by atoms with Crippen molar-refractivity contribution < 1.29 is 13.5 Å². The van der Waals surface area contributed by atoms with E-state index in [9.17, 15) is 13.5 Å². The zero-order chi connectivity index (χ0) is 11.6. The van der Waals surface area contributed by atoms with Gasteiger partial charge in [-0.1, -0.05) is 46.3 Å². The smallest absolute Gasteiger partial charge is 0.162 e. The minimum atomic E-state index is -3.27. The van der Waals surface area contributed by atoms with Gasteiger partial charge in [0, 0.05) is 11.3 Å². The molecule has 3 nitrogen and oxygen atoms in total. The summed E-state index contributed by atoms with van der Waals surface area (Å²) in [7, 11) is -3.27. The molecule has 84 valence electrons. The second-order valence-corrected chi connectivity index (χ2v) is 7.97. The molecule has 15 heavy (non-hydrogen) atoms. The zero-order valence-electron chi connectivity index (χ0n) is 7.89. The first-order valence-electron chi connectivity index (χ1n) is 4.09. The molecule has 0 aliphatic heterocycles. The molecule has 1 aromatic carbocycles. The molecule has 0 aliphatic rings. The van der Waals surface area contributed by atoms with Crippen molar-refractivity contribution in [3.8, 4) is 0 Å². The molecule has 0 aromatic heterocycles. The Labute approximate surface area is 108 Å². The quantitative estimate of drug-likeness (QED) is 0.664. The van der Waals surface area contributed by atoms with Gasteiger partial charge in [-0.3, -0.25) is 0 Å². The SMILES string of the molecule is CS(=O)(=O)[C@H](I)[C@H](O)c1cccc(Cl)c1. The first-order valence-corrected chi connectivity index (χ1v) is 7.66. The summed E-state index contributed by atoms with van der Waals surface area (Å²) in [5.41, 5.74) is 0.507. The Balaban J connectivity index is 3.00. The molecule has 0 saturated heterocycles. The van der Waals surface area contributed by atoms with Crippen LogP contribution in [0.4, 0.5) is 0 Å². The maximum atomic E-state index is 11.2. The highest BCUT2D eigenvalue weighted by Gasteiger charge is 2.27. The Hall–Kier alpha value is 0.150. The molecule has 0 amide bonds. The van der Waals surface area contributed by atoms with Gasteiger partial charge in [0.15, 0.2) is 9.84 Å². The second-order valence-electron chi connectivity index (χ2n) is 3.18. The van der Waals surface area contributed by atoms with E-state index in [0.29, 0.717) is 10.6 Å². The van der Waals surface area contributed by atoms with E-state index >= 15 is 0 Å². The van der Waals surface area contributed by atoms with Gasteiger partial charge >= 0.3 is 0 Å². The lowest BCUT2D eigenvalue weighted by Gasteiger charge is -2.16. The minimum absolute atomic E-state index is 0.476. The molecule has 0 heterocycles. The summed E-state index contributed by atoms with van der Waals surface area (Å²) in [5, 5.41) is 10.3. The fourth-order valence-electron chi connectivity index (χ4n) is 1.08. The largest absolute Gasteiger partial charge is 0.386 e. The molecule has 6 heteroatoms. The Morgan fingerprint density at radius 1 is 1.47 bits per heavy atom. The van der Waals surface area contributed by atoms with Crippen LogP contribution in [0.25, 0.3) is 0 Å². The molecular formula is C9H10ClIO3S. The van der Waals surface area contributed by atoms with Crippen LogP contribution in [0.15, 0.2) is 24.3 Å². The number of hydrogen-bond donors (Lipinski definition) is 1. The number of aliphatic hydroxyl groups excluding tert-OH is 1. The fourth-order valence-corrected chi connectivity index (χ4v) is 2.32. The monoisotopic (exact) mass is 360 g/mol. The molecule has 2 atom stereocenters. The minimum Gasteiger partial charge on any atom is -0.386 e. The molecule has 0 fully saturated rings. The summed E-state index contributed by atoms with van der Waals surface area (Å²) in [6.45, 7) is 0. The predicted molar refractivity (Wildman–Crippen MR) is 69.1 cm³/mol. The van der Waals surface area contributed by atoms with Crippen LogP contribution in [0, 0.1) is 0 Å². The van der Waals surface area contributed by atoms with Crippen LogP contribution in [0.1, 0.15) is 11.7 Å². The van der Waals surface area contributed by atoms with Gasteiger partial charge in [0.2, 0.25) is 0 Å². The third-order valence-corrected chi connectivity index (χ3v) is 6.61. The summed E-state index contributed by atoms with van der Waals surface area (Å²) in [6.07, 6.45) is 0.0389. The van der Waals surface area contributed by atoms with E-state index in [1.165, 1.54) is 0 Å². The van der Waals surface area contributed by atoms with Crippen molar-refractivity contribution in [1.82, 2.24) is 0 Å². The highest BCUT2D eigenvalue weighted by molar-refractivity contribution is 14.1. The average Bonchev–Trinajstić information content (AvgIpc) is 2.14. The Bertz CT molecular complexity index is 446. The topological polar surface area (TPSA) is 54.4 Å². The standard InChI is InChI=1S/C9H10ClIO3S/c1-15(13,14)9(11)8(12)6-3-2-4-7(10)5-6/h2-5,8-9,12H,1H3/t8-,9+/m1/s1. The average molecular weight is 361 g/mol. The zero-order valence-corrected chi connectivity index (χ0v) is 11.6. The first kappa shape index (κ1) is 13.2. The lowest BCUT2D eigenvalue weighted by Crippen LogP contribution is -2.21. The highest BCUT2D eigenvalue weighted by Crippen LogP contribution is 2.27. The van der Waals surface area contributed by atoms with E-state index in [1.54, 1.807) is 46.9 Å². The van der Waals surface area contributed by atoms with E-state index in [0.717, 1.165) is 6.26 Å². The predicted octanol–water partition coefficient (Wildman–Crippen LogP) is 2.18. The molecule has 0 saturated carbocycles. The Morgan fingerprint density at radius 2 is 2.07 bits per heavy atom. The van der Waals surface area contributed by atoms with E-state index in [2.05, 4.69) is 0 Å². The second kappa shape index (κ2) is 4.99. The maximum Gasteiger partial charge on any atom is 0.162 e. The molecule has 0 radical (unpaired) electrons. The number of hydrogen-bond acceptors (Lipinski definition) is 3. The number of sulfone groups is 1.